The van der Waals surface area contributed by atoms with Gasteiger partial charge in [0.25, 0.3) is 5.91 Å². The lowest BCUT2D eigenvalue weighted by Gasteiger charge is -2.08. The third-order valence-corrected chi connectivity index (χ3v) is 3.25. The molecule has 0 saturated carbocycles. The van der Waals surface area contributed by atoms with E-state index >= 15 is 0 Å². The fourth-order valence-electron chi connectivity index (χ4n) is 2.14. The molecule has 0 aliphatic rings. The minimum Gasteiger partial charge on any atom is -0.496 e. The lowest BCUT2D eigenvalue weighted by atomic mass is 10.1. The highest BCUT2D eigenvalue weighted by atomic mass is 16.5. The Morgan fingerprint density at radius 1 is 1.14 bits per heavy atom. The Hall–Kier alpha value is -2.36. The summed E-state index contributed by atoms with van der Waals surface area (Å²) in [5.41, 5.74) is 1.67. The van der Waals surface area contributed by atoms with Crippen molar-refractivity contribution in [2.24, 2.45) is 0 Å². The number of hydrogen-bond acceptors (Lipinski definition) is 3. The number of ether oxygens (including phenoxy) is 1. The quantitative estimate of drug-likeness (QED) is 0.795. The summed E-state index contributed by atoms with van der Waals surface area (Å²) in [6.45, 7) is 0.657. The maximum Gasteiger partial charge on any atom is 0.269 e. The Kier molecular flexibility index (Phi) is 5.76. The molecule has 0 radical (unpaired) electrons. The van der Waals surface area contributed by atoms with Crippen molar-refractivity contribution in [3.05, 3.63) is 59.9 Å². The number of benzene rings is 1. The Labute approximate surface area is 125 Å². The van der Waals surface area contributed by atoms with Gasteiger partial charge in [-0.05, 0) is 43.0 Å². The zero-order valence-corrected chi connectivity index (χ0v) is 12.2. The highest BCUT2D eigenvalue weighted by Gasteiger charge is 2.05. The van der Waals surface area contributed by atoms with Gasteiger partial charge in [-0.1, -0.05) is 24.3 Å². The van der Waals surface area contributed by atoms with Gasteiger partial charge in [0.1, 0.15) is 11.4 Å². The lowest BCUT2D eigenvalue weighted by molar-refractivity contribution is 0.0948. The molecule has 1 amide bonds. The van der Waals surface area contributed by atoms with E-state index in [1.54, 1.807) is 25.4 Å². The minimum atomic E-state index is -0.118. The van der Waals surface area contributed by atoms with E-state index in [0.29, 0.717) is 12.2 Å². The van der Waals surface area contributed by atoms with Gasteiger partial charge in [0, 0.05) is 12.7 Å². The van der Waals surface area contributed by atoms with Crippen LogP contribution in [-0.4, -0.2) is 24.5 Å². The number of nitrogens with zero attached hydrogens (tertiary/aromatic N) is 1. The molecule has 0 unspecified atom stereocenters. The monoisotopic (exact) mass is 284 g/mol. The molecule has 21 heavy (non-hydrogen) atoms. The van der Waals surface area contributed by atoms with Crippen LogP contribution in [0.5, 0.6) is 5.75 Å². The van der Waals surface area contributed by atoms with E-state index in [2.05, 4.69) is 16.4 Å². The molecule has 0 atom stereocenters. The van der Waals surface area contributed by atoms with Gasteiger partial charge in [-0.15, -0.1) is 0 Å². The number of rotatable bonds is 7. The molecular formula is C17H20N2O2. The van der Waals surface area contributed by atoms with Crippen LogP contribution in [0.15, 0.2) is 48.7 Å². The van der Waals surface area contributed by atoms with Gasteiger partial charge >= 0.3 is 0 Å². The fourth-order valence-corrected chi connectivity index (χ4v) is 2.14. The molecule has 1 N–H and O–H groups in total. The van der Waals surface area contributed by atoms with Crippen molar-refractivity contribution >= 4 is 5.91 Å². The van der Waals surface area contributed by atoms with Gasteiger partial charge in [0.05, 0.1) is 7.11 Å². The van der Waals surface area contributed by atoms with E-state index in [-0.39, 0.29) is 5.91 Å². The smallest absolute Gasteiger partial charge is 0.269 e. The second kappa shape index (κ2) is 8.04. The highest BCUT2D eigenvalue weighted by Crippen LogP contribution is 2.19. The predicted octanol–water partition coefficient (Wildman–Crippen LogP) is 2.84. The summed E-state index contributed by atoms with van der Waals surface area (Å²) in [5.74, 6) is 0.808. The first-order valence-corrected chi connectivity index (χ1v) is 7.12. The number of pyridine rings is 1. The number of aryl methyl sites for hydroxylation is 1. The van der Waals surface area contributed by atoms with Crippen LogP contribution in [0.3, 0.4) is 0 Å². The second-order valence-corrected chi connectivity index (χ2v) is 4.74. The Bertz CT molecular complexity index is 570. The Morgan fingerprint density at radius 2 is 1.95 bits per heavy atom. The second-order valence-electron chi connectivity index (χ2n) is 4.74. The molecule has 1 aromatic heterocycles. The van der Waals surface area contributed by atoms with Crippen molar-refractivity contribution in [3.8, 4) is 5.75 Å². The average Bonchev–Trinajstić information content (AvgIpc) is 2.55. The van der Waals surface area contributed by atoms with E-state index in [4.69, 9.17) is 4.74 Å². The number of methoxy groups -OCH3 is 1. The molecular weight excluding hydrogens is 264 g/mol. The summed E-state index contributed by atoms with van der Waals surface area (Å²) in [5, 5.41) is 2.88. The van der Waals surface area contributed by atoms with Crippen molar-refractivity contribution in [2.45, 2.75) is 19.3 Å². The molecule has 2 rings (SSSR count). The van der Waals surface area contributed by atoms with Crippen LogP contribution in [0.4, 0.5) is 0 Å². The molecule has 0 spiro atoms. The summed E-state index contributed by atoms with van der Waals surface area (Å²) in [6.07, 6.45) is 4.50. The Balaban J connectivity index is 1.70. The molecule has 0 fully saturated rings. The summed E-state index contributed by atoms with van der Waals surface area (Å²) < 4.78 is 5.32. The third kappa shape index (κ3) is 4.60. The van der Waals surface area contributed by atoms with E-state index in [0.717, 1.165) is 25.0 Å². The minimum absolute atomic E-state index is 0.118. The van der Waals surface area contributed by atoms with E-state index < -0.39 is 0 Å². The number of carbonyl (C=O) groups is 1. The average molecular weight is 284 g/mol. The first kappa shape index (κ1) is 15.0. The molecule has 2 aromatic rings. The van der Waals surface area contributed by atoms with Crippen LogP contribution in [0.1, 0.15) is 28.9 Å². The van der Waals surface area contributed by atoms with Gasteiger partial charge < -0.3 is 10.1 Å². The van der Waals surface area contributed by atoms with Crippen molar-refractivity contribution in [1.82, 2.24) is 10.3 Å². The summed E-state index contributed by atoms with van der Waals surface area (Å²) >= 11 is 0. The third-order valence-electron chi connectivity index (χ3n) is 3.25. The fraction of sp³-hybridized carbons (Fsp3) is 0.294. The number of unbranched alkanes of at least 4 members (excludes halogenated alkanes) is 1. The standard InChI is InChI=1S/C17H20N2O2/c1-21-16-11-3-2-8-14(16)9-4-6-13-19-17(20)15-10-5-7-12-18-15/h2-3,5,7-8,10-12H,4,6,9,13H2,1H3,(H,19,20). The van der Waals surface area contributed by atoms with E-state index in [9.17, 15) is 4.79 Å². The molecule has 4 heteroatoms. The van der Waals surface area contributed by atoms with Crippen molar-refractivity contribution in [3.63, 3.8) is 0 Å². The molecule has 0 aliphatic carbocycles. The number of nitrogens with one attached hydrogen (secondary N) is 1. The van der Waals surface area contributed by atoms with E-state index in [1.165, 1.54) is 5.56 Å². The van der Waals surface area contributed by atoms with Crippen LogP contribution < -0.4 is 10.1 Å². The number of carbonyl (C=O) groups excluding carboxylic acids is 1. The van der Waals surface area contributed by atoms with Gasteiger partial charge in [-0.25, -0.2) is 0 Å². The van der Waals surface area contributed by atoms with Crippen molar-refractivity contribution in [2.75, 3.05) is 13.7 Å². The SMILES string of the molecule is COc1ccccc1CCCCNC(=O)c1ccccn1. The molecule has 0 aliphatic heterocycles. The Morgan fingerprint density at radius 3 is 2.71 bits per heavy atom. The van der Waals surface area contributed by atoms with Crippen molar-refractivity contribution < 1.29 is 9.53 Å². The molecule has 4 nitrogen and oxygen atoms in total. The first-order chi connectivity index (χ1) is 10.3. The largest absolute Gasteiger partial charge is 0.496 e. The summed E-state index contributed by atoms with van der Waals surface area (Å²) in [4.78, 5) is 15.8. The number of amides is 1. The number of hydrogen-bond donors (Lipinski definition) is 1. The van der Waals surface area contributed by atoms with E-state index in [1.807, 2.05) is 24.3 Å². The van der Waals surface area contributed by atoms with Gasteiger partial charge in [-0.3, -0.25) is 9.78 Å². The van der Waals surface area contributed by atoms with Gasteiger partial charge in [0.15, 0.2) is 0 Å². The van der Waals surface area contributed by atoms with Crippen LogP contribution in [0.25, 0.3) is 0 Å². The molecule has 0 bridgehead atoms. The lowest BCUT2D eigenvalue weighted by Crippen LogP contribution is -2.25. The highest BCUT2D eigenvalue weighted by molar-refractivity contribution is 5.92. The van der Waals surface area contributed by atoms with Crippen molar-refractivity contribution in [1.29, 1.82) is 0 Å². The maximum atomic E-state index is 11.8. The summed E-state index contributed by atoms with van der Waals surface area (Å²) in [6, 6.07) is 13.3. The zero-order valence-electron chi connectivity index (χ0n) is 12.2. The molecule has 1 heterocycles. The summed E-state index contributed by atoms with van der Waals surface area (Å²) in [7, 11) is 1.69. The van der Waals surface area contributed by atoms with Gasteiger partial charge in [0.2, 0.25) is 0 Å². The number of para-hydroxylation sites is 1. The zero-order chi connectivity index (χ0) is 14.9. The van der Waals surface area contributed by atoms with Crippen LogP contribution in [0, 0.1) is 0 Å². The predicted molar refractivity (Wildman–Crippen MR) is 82.5 cm³/mol. The van der Waals surface area contributed by atoms with Gasteiger partial charge in [-0.2, -0.15) is 0 Å². The van der Waals surface area contributed by atoms with Crippen LogP contribution in [0.2, 0.25) is 0 Å². The normalized spacial score (nSPS) is 10.1. The maximum absolute atomic E-state index is 11.8. The molecule has 110 valence electrons. The molecule has 0 saturated heterocycles. The molecule has 1 aromatic carbocycles. The van der Waals surface area contributed by atoms with Crippen LogP contribution >= 0.6 is 0 Å². The number of aromatic nitrogens is 1. The first-order valence-electron chi connectivity index (χ1n) is 7.12. The topological polar surface area (TPSA) is 51.2 Å². The van der Waals surface area contributed by atoms with Crippen LogP contribution in [-0.2, 0) is 6.42 Å².